The van der Waals surface area contributed by atoms with E-state index in [0.717, 1.165) is 25.2 Å². The SMILES string of the molecule is O=C(Nc1cnc(-c2c(C(F)(F)F)oc3c2CCCC3)cn1)c1c(F)cncc1F. The molecule has 1 N–H and O–H groups in total. The molecule has 0 spiro atoms. The number of pyridine rings is 1. The minimum atomic E-state index is -4.71. The second kappa shape index (κ2) is 7.47. The Morgan fingerprint density at radius 2 is 1.70 bits per heavy atom. The van der Waals surface area contributed by atoms with E-state index in [1.54, 1.807) is 0 Å². The summed E-state index contributed by atoms with van der Waals surface area (Å²) in [5.74, 6) is -4.52. The molecule has 0 fully saturated rings. The summed E-state index contributed by atoms with van der Waals surface area (Å²) in [6, 6.07) is 0. The first-order valence-corrected chi connectivity index (χ1v) is 8.90. The number of hydrogen-bond acceptors (Lipinski definition) is 5. The van der Waals surface area contributed by atoms with Crippen molar-refractivity contribution in [2.24, 2.45) is 0 Å². The van der Waals surface area contributed by atoms with Crippen LogP contribution in [0.2, 0.25) is 0 Å². The van der Waals surface area contributed by atoms with Crippen molar-refractivity contribution in [3.63, 3.8) is 0 Å². The molecule has 0 atom stereocenters. The van der Waals surface area contributed by atoms with Gasteiger partial charge in [-0.05, 0) is 19.3 Å². The molecule has 1 amide bonds. The summed E-state index contributed by atoms with van der Waals surface area (Å²) in [6.07, 6.45) is 0.973. The second-order valence-corrected chi connectivity index (χ2v) is 6.63. The summed E-state index contributed by atoms with van der Waals surface area (Å²) in [6.45, 7) is 0. The van der Waals surface area contributed by atoms with Crippen LogP contribution in [0.5, 0.6) is 0 Å². The zero-order valence-electron chi connectivity index (χ0n) is 15.2. The molecular weight excluding hydrogens is 411 g/mol. The van der Waals surface area contributed by atoms with E-state index in [1.165, 1.54) is 0 Å². The van der Waals surface area contributed by atoms with Crippen LogP contribution in [-0.2, 0) is 19.0 Å². The van der Waals surface area contributed by atoms with Gasteiger partial charge in [-0.15, -0.1) is 0 Å². The first kappa shape index (κ1) is 19.9. The monoisotopic (exact) mass is 424 g/mol. The number of amides is 1. The number of aromatic nitrogens is 3. The molecule has 3 heterocycles. The number of carbonyl (C=O) groups excluding carboxylic acids is 1. The van der Waals surface area contributed by atoms with Gasteiger partial charge in [0.1, 0.15) is 11.3 Å². The molecule has 3 aromatic rings. The summed E-state index contributed by atoms with van der Waals surface area (Å²) < 4.78 is 72.8. The molecule has 4 rings (SSSR count). The highest BCUT2D eigenvalue weighted by atomic mass is 19.4. The molecule has 0 aliphatic heterocycles. The van der Waals surface area contributed by atoms with Gasteiger partial charge < -0.3 is 9.73 Å². The van der Waals surface area contributed by atoms with Crippen LogP contribution in [0.15, 0.2) is 29.2 Å². The van der Waals surface area contributed by atoms with Crippen LogP contribution in [0.25, 0.3) is 11.3 Å². The van der Waals surface area contributed by atoms with Gasteiger partial charge >= 0.3 is 6.18 Å². The average Bonchev–Trinajstić information content (AvgIpc) is 3.09. The van der Waals surface area contributed by atoms with Gasteiger partial charge in [0.15, 0.2) is 17.5 Å². The van der Waals surface area contributed by atoms with Crippen LogP contribution in [0, 0.1) is 11.6 Å². The van der Waals surface area contributed by atoms with E-state index in [2.05, 4.69) is 20.3 Å². The smallest absolute Gasteiger partial charge is 0.450 e. The molecule has 0 bridgehead atoms. The Hall–Kier alpha value is -3.37. The van der Waals surface area contributed by atoms with E-state index in [0.29, 0.717) is 30.8 Å². The van der Waals surface area contributed by atoms with Crippen molar-refractivity contribution in [2.45, 2.75) is 31.9 Å². The maximum absolute atomic E-state index is 13.7. The van der Waals surface area contributed by atoms with Gasteiger partial charge in [0.05, 0.1) is 36.0 Å². The topological polar surface area (TPSA) is 80.9 Å². The average molecular weight is 424 g/mol. The van der Waals surface area contributed by atoms with Gasteiger partial charge in [-0.2, -0.15) is 13.2 Å². The lowest BCUT2D eigenvalue weighted by molar-refractivity contribution is -0.152. The number of anilines is 1. The number of nitrogens with one attached hydrogen (secondary N) is 1. The normalized spacial score (nSPS) is 13.8. The number of hydrogen-bond donors (Lipinski definition) is 1. The summed E-state index contributed by atoms with van der Waals surface area (Å²) in [4.78, 5) is 23.2. The molecule has 0 aromatic carbocycles. The molecule has 0 unspecified atom stereocenters. The fourth-order valence-corrected chi connectivity index (χ4v) is 3.37. The lowest BCUT2D eigenvalue weighted by atomic mass is 9.93. The van der Waals surface area contributed by atoms with E-state index in [9.17, 15) is 26.7 Å². The standard InChI is InChI=1S/C19H13F5N4O2/c20-10-5-25-6-11(21)16(10)18(29)28-14-8-26-12(7-27-14)15-9-3-1-2-4-13(9)30-17(15)19(22,23)24/h5-8H,1-4H2,(H,27,28,29). The zero-order valence-corrected chi connectivity index (χ0v) is 15.2. The summed E-state index contributed by atoms with van der Waals surface area (Å²) in [7, 11) is 0. The highest BCUT2D eigenvalue weighted by Gasteiger charge is 2.41. The second-order valence-electron chi connectivity index (χ2n) is 6.63. The number of furan rings is 1. The Bertz CT molecular complexity index is 1090. The van der Waals surface area contributed by atoms with Crippen LogP contribution >= 0.6 is 0 Å². The van der Waals surface area contributed by atoms with E-state index >= 15 is 0 Å². The number of alkyl halides is 3. The van der Waals surface area contributed by atoms with E-state index in [1.807, 2.05) is 0 Å². The third kappa shape index (κ3) is 3.62. The van der Waals surface area contributed by atoms with Gasteiger partial charge in [0.25, 0.3) is 5.91 Å². The molecule has 0 radical (unpaired) electrons. The minimum Gasteiger partial charge on any atom is -0.455 e. The van der Waals surface area contributed by atoms with Crippen molar-refractivity contribution in [3.05, 3.63) is 59.1 Å². The Balaban J connectivity index is 1.65. The molecule has 0 saturated heterocycles. The van der Waals surface area contributed by atoms with E-state index < -0.39 is 35.0 Å². The molecule has 1 aliphatic carbocycles. The Kier molecular flexibility index (Phi) is 4.96. The number of aryl methyl sites for hydroxylation is 1. The number of carbonyl (C=O) groups is 1. The van der Waals surface area contributed by atoms with Crippen molar-refractivity contribution < 1.29 is 31.2 Å². The quantitative estimate of drug-likeness (QED) is 0.624. The number of halogens is 5. The van der Waals surface area contributed by atoms with Crippen LogP contribution in [-0.4, -0.2) is 20.9 Å². The summed E-state index contributed by atoms with van der Waals surface area (Å²) in [5, 5.41) is 2.15. The molecule has 0 saturated carbocycles. The molecule has 156 valence electrons. The largest absolute Gasteiger partial charge is 0.455 e. The number of nitrogens with zero attached hydrogens (tertiary/aromatic N) is 3. The van der Waals surface area contributed by atoms with Crippen molar-refractivity contribution in [3.8, 4) is 11.3 Å². The van der Waals surface area contributed by atoms with Crippen molar-refractivity contribution in [1.82, 2.24) is 15.0 Å². The van der Waals surface area contributed by atoms with E-state index in [-0.39, 0.29) is 22.8 Å². The van der Waals surface area contributed by atoms with Crippen molar-refractivity contribution >= 4 is 11.7 Å². The molecule has 30 heavy (non-hydrogen) atoms. The van der Waals surface area contributed by atoms with Crippen LogP contribution < -0.4 is 5.32 Å². The van der Waals surface area contributed by atoms with E-state index in [4.69, 9.17) is 4.42 Å². The minimum absolute atomic E-state index is 0.0755. The van der Waals surface area contributed by atoms with Crippen molar-refractivity contribution in [1.29, 1.82) is 0 Å². The fourth-order valence-electron chi connectivity index (χ4n) is 3.37. The van der Waals surface area contributed by atoms with Gasteiger partial charge in [-0.25, -0.2) is 13.8 Å². The Morgan fingerprint density at radius 1 is 1.00 bits per heavy atom. The molecule has 6 nitrogen and oxygen atoms in total. The predicted octanol–water partition coefficient (Wildman–Crippen LogP) is 4.56. The first-order valence-electron chi connectivity index (χ1n) is 8.90. The third-order valence-electron chi connectivity index (χ3n) is 4.66. The van der Waals surface area contributed by atoms with Crippen LogP contribution in [0.4, 0.5) is 27.8 Å². The van der Waals surface area contributed by atoms with Gasteiger partial charge in [-0.1, -0.05) is 0 Å². The first-order chi connectivity index (χ1) is 14.3. The molecule has 1 aliphatic rings. The zero-order chi connectivity index (χ0) is 21.5. The van der Waals surface area contributed by atoms with Crippen LogP contribution in [0.3, 0.4) is 0 Å². The van der Waals surface area contributed by atoms with Crippen molar-refractivity contribution in [2.75, 3.05) is 5.32 Å². The maximum atomic E-state index is 13.7. The highest BCUT2D eigenvalue weighted by Crippen LogP contribution is 2.43. The molecule has 3 aromatic heterocycles. The lowest BCUT2D eigenvalue weighted by Crippen LogP contribution is -2.17. The predicted molar refractivity (Wildman–Crippen MR) is 93.5 cm³/mol. The van der Waals surface area contributed by atoms with Crippen LogP contribution in [0.1, 0.15) is 40.3 Å². The highest BCUT2D eigenvalue weighted by molar-refractivity contribution is 6.04. The molecular formula is C19H13F5N4O2. The van der Waals surface area contributed by atoms with Gasteiger partial charge in [-0.3, -0.25) is 14.8 Å². The Labute approximate surface area is 166 Å². The summed E-state index contributed by atoms with van der Waals surface area (Å²) >= 11 is 0. The lowest BCUT2D eigenvalue weighted by Gasteiger charge is -2.11. The van der Waals surface area contributed by atoms with Gasteiger partial charge in [0.2, 0.25) is 5.76 Å². The fraction of sp³-hybridized carbons (Fsp3) is 0.263. The maximum Gasteiger partial charge on any atom is 0.450 e. The number of fused-ring (bicyclic) bond motifs is 1. The Morgan fingerprint density at radius 3 is 2.33 bits per heavy atom. The number of rotatable bonds is 3. The summed E-state index contributed by atoms with van der Waals surface area (Å²) in [5.41, 5.74) is -0.665. The van der Waals surface area contributed by atoms with Gasteiger partial charge in [0, 0.05) is 12.0 Å². The molecule has 11 heteroatoms. The third-order valence-corrected chi connectivity index (χ3v) is 4.66.